The van der Waals surface area contributed by atoms with E-state index in [0.717, 1.165) is 27.6 Å². The zero-order valence-corrected chi connectivity index (χ0v) is 16.3. The Balaban J connectivity index is 0.00000208. The summed E-state index contributed by atoms with van der Waals surface area (Å²) in [5.74, 6) is -0.637. The van der Waals surface area contributed by atoms with Crippen LogP contribution in [0, 0.1) is 18.8 Å². The van der Waals surface area contributed by atoms with Crippen molar-refractivity contribution in [3.05, 3.63) is 76.7 Å². The molecule has 1 heterocycles. The molecule has 1 aromatic heterocycles. The first-order chi connectivity index (χ1) is 11.1. The molecule has 0 spiro atoms. The molecule has 0 unspecified atom stereocenters. The fraction of sp³-hybridized carbons (Fsp3) is 0.158. The number of benzene rings is 2. The van der Waals surface area contributed by atoms with Crippen LogP contribution in [0.4, 0.5) is 4.39 Å². The minimum absolute atomic E-state index is 0. The van der Waals surface area contributed by atoms with Gasteiger partial charge in [-0.15, -0.1) is 23.6 Å². The van der Waals surface area contributed by atoms with Crippen molar-refractivity contribution in [2.45, 2.75) is 13.3 Å². The van der Waals surface area contributed by atoms with E-state index >= 15 is 0 Å². The normalized spacial score (nSPS) is 10.3. The quantitative estimate of drug-likeness (QED) is 0.498. The Morgan fingerprint density at radius 3 is 2.62 bits per heavy atom. The van der Waals surface area contributed by atoms with Crippen LogP contribution in [0.5, 0.6) is 0 Å². The third kappa shape index (κ3) is 3.88. The van der Waals surface area contributed by atoms with Crippen LogP contribution < -0.4 is 0 Å². The molecule has 0 aliphatic rings. The largest absolute Gasteiger partial charge is 0.472 e. The third-order valence-corrected chi connectivity index (χ3v) is 3.80. The molecule has 0 saturated heterocycles. The van der Waals surface area contributed by atoms with Crippen molar-refractivity contribution in [3.8, 4) is 0 Å². The van der Waals surface area contributed by atoms with Crippen molar-refractivity contribution in [2.75, 3.05) is 7.11 Å². The molecule has 3 rings (SSSR count). The van der Waals surface area contributed by atoms with E-state index in [9.17, 15) is 9.18 Å². The Bertz CT molecular complexity index is 878. The number of fused-ring (bicyclic) bond motifs is 1. The minimum Gasteiger partial charge on any atom is -0.472 e. The standard InChI is InChI=1S/C19H15FNO2.Y/c1-12-17(19(22)23-2)8-5-15-10-14(11-21-18(12)15)9-13-3-6-16(20)7-4-13;/h3-4,6-8,10-11H,9H2,1-2H3;/q-1;. The zero-order valence-electron chi connectivity index (χ0n) is 13.5. The molecule has 0 amide bonds. The van der Waals surface area contributed by atoms with Gasteiger partial charge in [0, 0.05) is 38.9 Å². The van der Waals surface area contributed by atoms with Gasteiger partial charge in [-0.2, -0.15) is 0 Å². The smallest absolute Gasteiger partial charge is 0.295 e. The maximum absolute atomic E-state index is 13.0. The van der Waals surface area contributed by atoms with Crippen molar-refractivity contribution in [3.63, 3.8) is 0 Å². The van der Waals surface area contributed by atoms with Gasteiger partial charge in [0.1, 0.15) is 5.82 Å². The van der Waals surface area contributed by atoms with E-state index in [-0.39, 0.29) is 38.5 Å². The van der Waals surface area contributed by atoms with E-state index < -0.39 is 5.97 Å². The second-order valence-corrected chi connectivity index (χ2v) is 5.36. The number of aromatic nitrogens is 1. The van der Waals surface area contributed by atoms with Gasteiger partial charge in [-0.25, -0.2) is 4.39 Å². The van der Waals surface area contributed by atoms with E-state index in [1.807, 2.05) is 13.0 Å². The number of ether oxygens (including phenoxy) is 1. The molecule has 0 fully saturated rings. The predicted molar refractivity (Wildman–Crippen MR) is 85.9 cm³/mol. The SMILES string of the molecule is COC(=O)c1c[c-]c2cc(Cc3ccc(F)cc3)cnc2c1C.[Y]. The summed E-state index contributed by atoms with van der Waals surface area (Å²) in [7, 11) is 1.35. The van der Waals surface area contributed by atoms with Crippen LogP contribution in [-0.2, 0) is 43.9 Å². The van der Waals surface area contributed by atoms with Crippen molar-refractivity contribution in [1.29, 1.82) is 0 Å². The molecule has 5 heteroatoms. The number of pyridine rings is 1. The number of esters is 1. The molecular formula is C19H15FNO2Y-. The molecule has 0 bridgehead atoms. The van der Waals surface area contributed by atoms with Gasteiger partial charge < -0.3 is 9.72 Å². The van der Waals surface area contributed by atoms with Crippen molar-refractivity contribution < 1.29 is 46.6 Å². The molecule has 0 saturated carbocycles. The van der Waals surface area contributed by atoms with Crippen LogP contribution in [0.1, 0.15) is 27.0 Å². The first-order valence-corrected chi connectivity index (χ1v) is 7.21. The van der Waals surface area contributed by atoms with Gasteiger partial charge in [0.05, 0.1) is 7.11 Å². The van der Waals surface area contributed by atoms with Gasteiger partial charge >= 0.3 is 0 Å². The number of carbonyl (C=O) groups excluding carboxylic acids is 1. The summed E-state index contributed by atoms with van der Waals surface area (Å²) < 4.78 is 17.7. The number of rotatable bonds is 3. The number of nitrogens with zero attached hydrogens (tertiary/aromatic N) is 1. The number of hydrogen-bond donors (Lipinski definition) is 0. The Morgan fingerprint density at radius 2 is 1.96 bits per heavy atom. The van der Waals surface area contributed by atoms with E-state index in [1.54, 1.807) is 24.4 Å². The van der Waals surface area contributed by atoms with Gasteiger partial charge in [0.2, 0.25) is 0 Å². The Hall–Kier alpha value is -1.65. The predicted octanol–water partition coefficient (Wildman–Crippen LogP) is 3.86. The molecule has 1 radical (unpaired) electrons. The van der Waals surface area contributed by atoms with E-state index in [4.69, 9.17) is 4.74 Å². The van der Waals surface area contributed by atoms with Crippen LogP contribution >= 0.6 is 0 Å². The number of halogens is 1. The molecule has 0 atom stereocenters. The van der Waals surface area contributed by atoms with Crippen molar-refractivity contribution in [1.82, 2.24) is 4.98 Å². The number of carbonyl (C=O) groups is 1. The Morgan fingerprint density at radius 1 is 1.25 bits per heavy atom. The molecule has 24 heavy (non-hydrogen) atoms. The molecule has 119 valence electrons. The summed E-state index contributed by atoms with van der Waals surface area (Å²) >= 11 is 0. The van der Waals surface area contributed by atoms with Crippen LogP contribution in [0.15, 0.2) is 42.6 Å². The number of aryl methyl sites for hydroxylation is 1. The molecule has 3 aromatic rings. The summed E-state index contributed by atoms with van der Waals surface area (Å²) in [5.41, 5.74) is 3.99. The summed E-state index contributed by atoms with van der Waals surface area (Å²) in [5, 5.41) is 0.842. The molecule has 0 aliphatic heterocycles. The van der Waals surface area contributed by atoms with Crippen LogP contribution in [-0.4, -0.2) is 18.1 Å². The Labute approximate surface area is 165 Å². The van der Waals surface area contributed by atoms with Gasteiger partial charge in [0.25, 0.3) is 5.97 Å². The first-order valence-electron chi connectivity index (χ1n) is 7.21. The second kappa shape index (κ2) is 7.95. The van der Waals surface area contributed by atoms with Crippen molar-refractivity contribution >= 4 is 16.9 Å². The molecular weight excluding hydrogens is 382 g/mol. The van der Waals surface area contributed by atoms with Gasteiger partial charge in [0.15, 0.2) is 0 Å². The fourth-order valence-electron chi connectivity index (χ4n) is 2.56. The molecule has 2 aromatic carbocycles. The minimum atomic E-state index is -0.391. The maximum Gasteiger partial charge on any atom is 0.295 e. The van der Waals surface area contributed by atoms with E-state index in [1.165, 1.54) is 19.2 Å². The zero-order chi connectivity index (χ0) is 16.4. The fourth-order valence-corrected chi connectivity index (χ4v) is 2.56. The second-order valence-electron chi connectivity index (χ2n) is 5.36. The summed E-state index contributed by atoms with van der Waals surface area (Å²) in [6.45, 7) is 1.84. The summed E-state index contributed by atoms with van der Waals surface area (Å²) in [6, 6.07) is 13.1. The topological polar surface area (TPSA) is 39.2 Å². The monoisotopic (exact) mass is 397 g/mol. The Kier molecular flexibility index (Phi) is 6.19. The molecule has 3 nitrogen and oxygen atoms in total. The van der Waals surface area contributed by atoms with Gasteiger partial charge in [-0.05, 0) is 35.2 Å². The molecule has 0 aliphatic carbocycles. The van der Waals surface area contributed by atoms with Crippen molar-refractivity contribution in [2.24, 2.45) is 0 Å². The van der Waals surface area contributed by atoms with E-state index in [0.29, 0.717) is 12.0 Å². The summed E-state index contributed by atoms with van der Waals surface area (Å²) in [4.78, 5) is 16.2. The van der Waals surface area contributed by atoms with Gasteiger partial charge in [-0.3, -0.25) is 4.79 Å². The van der Waals surface area contributed by atoms with Crippen LogP contribution in [0.3, 0.4) is 0 Å². The average molecular weight is 397 g/mol. The third-order valence-electron chi connectivity index (χ3n) is 3.80. The first kappa shape index (κ1) is 18.7. The maximum atomic E-state index is 13.0. The van der Waals surface area contributed by atoms with E-state index in [2.05, 4.69) is 11.1 Å². The molecule has 0 N–H and O–H groups in total. The summed E-state index contributed by atoms with van der Waals surface area (Å²) in [6.07, 6.45) is 2.43. The van der Waals surface area contributed by atoms with Gasteiger partial charge in [-0.1, -0.05) is 30.2 Å². The number of methoxy groups -OCH3 is 1. The average Bonchev–Trinajstić information content (AvgIpc) is 2.56. The number of hydrogen-bond acceptors (Lipinski definition) is 3. The van der Waals surface area contributed by atoms with Crippen LogP contribution in [0.2, 0.25) is 0 Å². The van der Waals surface area contributed by atoms with Crippen LogP contribution in [0.25, 0.3) is 10.9 Å².